The van der Waals surface area contributed by atoms with Crippen molar-refractivity contribution in [2.24, 2.45) is 4.99 Å². The van der Waals surface area contributed by atoms with Crippen LogP contribution in [0.3, 0.4) is 0 Å². The van der Waals surface area contributed by atoms with Crippen LogP contribution in [-0.2, 0) is 6.18 Å². The Morgan fingerprint density at radius 3 is 2.79 bits per heavy atom. The molecular weight excluding hydrogens is 397 g/mol. The number of alkyl halides is 3. The SMILES string of the molecule is O=c1[nH][nH]c(C(F)(F)F)c1/C=c1\cnn2ccc(=Nc3cccc(Cl)c3)nc12. The molecule has 0 aliphatic heterocycles. The number of nitrogens with zero attached hydrogens (tertiary/aromatic N) is 4. The zero-order chi connectivity index (χ0) is 19.9. The molecule has 0 unspecified atom stereocenters. The summed E-state index contributed by atoms with van der Waals surface area (Å²) < 4.78 is 40.6. The number of benzene rings is 1. The molecule has 11 heteroatoms. The molecule has 0 aliphatic rings. The van der Waals surface area contributed by atoms with Crippen molar-refractivity contribution in [3.05, 3.63) is 80.1 Å². The normalized spacial score (nSPS) is 13.6. The van der Waals surface area contributed by atoms with E-state index in [9.17, 15) is 18.0 Å². The van der Waals surface area contributed by atoms with Crippen LogP contribution < -0.4 is 16.3 Å². The Balaban J connectivity index is 1.90. The lowest BCUT2D eigenvalue weighted by atomic mass is 10.2. The van der Waals surface area contributed by atoms with Crippen molar-refractivity contribution in [2.75, 3.05) is 0 Å². The van der Waals surface area contributed by atoms with E-state index < -0.39 is 23.0 Å². The molecule has 0 atom stereocenters. The van der Waals surface area contributed by atoms with Crippen LogP contribution in [0.1, 0.15) is 11.3 Å². The monoisotopic (exact) mass is 406 g/mol. The summed E-state index contributed by atoms with van der Waals surface area (Å²) in [6.07, 6.45) is -0.752. The van der Waals surface area contributed by atoms with Crippen molar-refractivity contribution in [1.82, 2.24) is 24.8 Å². The summed E-state index contributed by atoms with van der Waals surface area (Å²) in [5.74, 6) is 0. The summed E-state index contributed by atoms with van der Waals surface area (Å²) in [6, 6.07) is 8.40. The fourth-order valence-corrected chi connectivity index (χ4v) is 2.79. The highest BCUT2D eigenvalue weighted by atomic mass is 35.5. The second kappa shape index (κ2) is 6.64. The maximum Gasteiger partial charge on any atom is 0.433 e. The molecule has 0 radical (unpaired) electrons. The zero-order valence-corrected chi connectivity index (χ0v) is 14.6. The molecule has 142 valence electrons. The number of aromatic nitrogens is 5. The molecule has 0 fully saturated rings. The third-order valence-electron chi connectivity index (χ3n) is 3.83. The van der Waals surface area contributed by atoms with Crippen molar-refractivity contribution >= 4 is 29.0 Å². The largest absolute Gasteiger partial charge is 0.433 e. The van der Waals surface area contributed by atoms with Crippen LogP contribution in [-0.4, -0.2) is 24.8 Å². The lowest BCUT2D eigenvalue weighted by molar-refractivity contribution is -0.141. The predicted molar refractivity (Wildman–Crippen MR) is 94.9 cm³/mol. The average molecular weight is 407 g/mol. The standard InChI is InChI=1S/C17H10ClF3N6O/c18-10-2-1-3-11(7-10)23-13-4-5-27-15(24-13)9(8-22-27)6-12-14(17(19,20)21)25-26-16(12)28/h1-8H,(H2,25,26,28)/b9-6+,23-13?. The number of H-pyrrole nitrogens is 2. The first-order chi connectivity index (χ1) is 13.3. The van der Waals surface area contributed by atoms with Gasteiger partial charge < -0.3 is 0 Å². The van der Waals surface area contributed by atoms with Gasteiger partial charge in [-0.25, -0.2) is 14.5 Å². The smallest absolute Gasteiger partial charge is 0.293 e. The average Bonchev–Trinajstić information content (AvgIpc) is 3.19. The topological polar surface area (TPSA) is 91.2 Å². The molecule has 0 amide bonds. The van der Waals surface area contributed by atoms with E-state index in [0.29, 0.717) is 16.2 Å². The van der Waals surface area contributed by atoms with Gasteiger partial charge in [-0.1, -0.05) is 17.7 Å². The third kappa shape index (κ3) is 3.41. The minimum atomic E-state index is -4.71. The molecule has 3 heterocycles. The maximum absolute atomic E-state index is 13.1. The second-order valence-corrected chi connectivity index (χ2v) is 6.19. The van der Waals surface area contributed by atoms with E-state index in [1.807, 2.05) is 10.2 Å². The lowest BCUT2D eigenvalue weighted by Gasteiger charge is -2.03. The summed E-state index contributed by atoms with van der Waals surface area (Å²) in [7, 11) is 0. The van der Waals surface area contributed by atoms with Gasteiger partial charge in [-0.2, -0.15) is 18.3 Å². The first kappa shape index (κ1) is 18.0. The van der Waals surface area contributed by atoms with Crippen molar-refractivity contribution in [3.63, 3.8) is 0 Å². The molecule has 0 saturated carbocycles. The highest BCUT2D eigenvalue weighted by molar-refractivity contribution is 6.30. The van der Waals surface area contributed by atoms with Gasteiger partial charge >= 0.3 is 6.18 Å². The fraction of sp³-hybridized carbons (Fsp3) is 0.0588. The van der Waals surface area contributed by atoms with E-state index in [1.165, 1.54) is 10.7 Å². The van der Waals surface area contributed by atoms with E-state index in [4.69, 9.17) is 11.6 Å². The van der Waals surface area contributed by atoms with Crippen LogP contribution in [0, 0.1) is 0 Å². The number of nitrogens with one attached hydrogen (secondary N) is 2. The molecule has 7 nitrogen and oxygen atoms in total. The quantitative estimate of drug-likeness (QED) is 0.534. The molecule has 0 spiro atoms. The second-order valence-electron chi connectivity index (χ2n) is 5.76. The van der Waals surface area contributed by atoms with Crippen LogP contribution in [0.15, 0.2) is 52.5 Å². The lowest BCUT2D eigenvalue weighted by Crippen LogP contribution is -2.15. The summed E-state index contributed by atoms with van der Waals surface area (Å²) >= 11 is 5.93. The van der Waals surface area contributed by atoms with Gasteiger partial charge in [-0.05, 0) is 24.3 Å². The molecule has 0 aliphatic carbocycles. The van der Waals surface area contributed by atoms with Crippen molar-refractivity contribution in [2.45, 2.75) is 6.18 Å². The van der Waals surface area contributed by atoms with Crippen molar-refractivity contribution in [1.29, 1.82) is 0 Å². The number of hydrogen-bond donors (Lipinski definition) is 2. The fourth-order valence-electron chi connectivity index (χ4n) is 2.60. The van der Waals surface area contributed by atoms with E-state index in [0.717, 1.165) is 6.08 Å². The summed E-state index contributed by atoms with van der Waals surface area (Å²) in [6.45, 7) is 0. The Morgan fingerprint density at radius 1 is 1.21 bits per heavy atom. The minimum absolute atomic E-state index is 0.235. The van der Waals surface area contributed by atoms with E-state index in [2.05, 4.69) is 15.1 Å². The number of rotatable bonds is 2. The highest BCUT2D eigenvalue weighted by Gasteiger charge is 2.36. The number of halogens is 4. The van der Waals surface area contributed by atoms with Crippen LogP contribution in [0.25, 0.3) is 11.7 Å². The van der Waals surface area contributed by atoms with Crippen LogP contribution in [0.4, 0.5) is 18.9 Å². The molecule has 2 N–H and O–H groups in total. The summed E-state index contributed by atoms with van der Waals surface area (Å²) in [5, 5.41) is 8.58. The first-order valence-electron chi connectivity index (χ1n) is 7.85. The van der Waals surface area contributed by atoms with Crippen molar-refractivity contribution < 1.29 is 13.2 Å². The van der Waals surface area contributed by atoms with Gasteiger partial charge in [0, 0.05) is 22.5 Å². The summed E-state index contributed by atoms with van der Waals surface area (Å²) in [5.41, 5.74) is -1.50. The number of fused-ring (bicyclic) bond motifs is 1. The van der Waals surface area contributed by atoms with Crippen LogP contribution in [0.2, 0.25) is 5.02 Å². The Hall–Kier alpha value is -3.40. The van der Waals surface area contributed by atoms with E-state index >= 15 is 0 Å². The highest BCUT2D eigenvalue weighted by Crippen LogP contribution is 2.28. The van der Waals surface area contributed by atoms with Gasteiger partial charge in [0.05, 0.1) is 17.4 Å². The van der Waals surface area contributed by atoms with Crippen LogP contribution in [0.5, 0.6) is 0 Å². The summed E-state index contributed by atoms with van der Waals surface area (Å²) in [4.78, 5) is 20.4. The molecule has 0 bridgehead atoms. The Bertz CT molecular complexity index is 1350. The molecule has 4 aromatic rings. The van der Waals surface area contributed by atoms with E-state index in [1.54, 1.807) is 36.5 Å². The Morgan fingerprint density at radius 2 is 2.04 bits per heavy atom. The van der Waals surface area contributed by atoms with Gasteiger partial charge in [0.25, 0.3) is 5.56 Å². The molecule has 28 heavy (non-hydrogen) atoms. The van der Waals surface area contributed by atoms with Gasteiger partial charge in [-0.3, -0.25) is 15.0 Å². The number of aromatic amines is 2. The van der Waals surface area contributed by atoms with Gasteiger partial charge in [0.2, 0.25) is 0 Å². The number of hydrogen-bond acceptors (Lipinski definition) is 4. The molecule has 0 saturated heterocycles. The zero-order valence-electron chi connectivity index (χ0n) is 13.8. The molecular formula is C17H10ClF3N6O. The molecule has 3 aromatic heterocycles. The first-order valence-corrected chi connectivity index (χ1v) is 8.23. The molecule has 4 rings (SSSR count). The van der Waals surface area contributed by atoms with Crippen molar-refractivity contribution in [3.8, 4) is 0 Å². The van der Waals surface area contributed by atoms with Gasteiger partial charge in [0.15, 0.2) is 11.1 Å². The molecule has 1 aromatic carbocycles. The van der Waals surface area contributed by atoms with Gasteiger partial charge in [-0.15, -0.1) is 0 Å². The Labute approximate surface area is 158 Å². The van der Waals surface area contributed by atoms with Crippen LogP contribution >= 0.6 is 11.6 Å². The maximum atomic E-state index is 13.1. The third-order valence-corrected chi connectivity index (χ3v) is 4.07. The predicted octanol–water partition coefficient (Wildman–Crippen LogP) is 2.20. The van der Waals surface area contributed by atoms with E-state index in [-0.39, 0.29) is 10.9 Å². The Kier molecular flexibility index (Phi) is 4.27. The van der Waals surface area contributed by atoms with Gasteiger partial charge in [0.1, 0.15) is 5.69 Å². The minimum Gasteiger partial charge on any atom is -0.293 e.